The third-order valence-electron chi connectivity index (χ3n) is 4.81. The molecule has 1 N–H and O–H groups in total. The zero-order valence-corrected chi connectivity index (χ0v) is 16.7. The number of nitrogens with zero attached hydrogens (tertiary/aromatic N) is 3. The van der Waals surface area contributed by atoms with Crippen molar-refractivity contribution in [3.8, 4) is 16.3 Å². The molecule has 158 valence electrons. The smallest absolute Gasteiger partial charge is 0.406 e. The summed E-state index contributed by atoms with van der Waals surface area (Å²) in [4.78, 5) is 17.7. The van der Waals surface area contributed by atoms with Crippen LogP contribution in [0, 0.1) is 0 Å². The second kappa shape index (κ2) is 8.49. The first-order chi connectivity index (χ1) is 14.4. The Bertz CT molecular complexity index is 978. The molecule has 0 saturated carbocycles. The number of carbonyl (C=O) groups is 1. The average molecular weight is 436 g/mol. The summed E-state index contributed by atoms with van der Waals surface area (Å²) >= 11 is 1.57. The number of rotatable bonds is 5. The number of H-pyrrole nitrogens is 1. The Morgan fingerprint density at radius 2 is 1.87 bits per heavy atom. The maximum absolute atomic E-state index is 12.7. The van der Waals surface area contributed by atoms with Gasteiger partial charge in [0.1, 0.15) is 5.75 Å². The van der Waals surface area contributed by atoms with Gasteiger partial charge in [0, 0.05) is 32.7 Å². The zero-order valence-electron chi connectivity index (χ0n) is 15.9. The molecule has 1 saturated heterocycles. The SMILES string of the molecule is O=C(c1cc(-c2cccs2)[nH]n1)N1CCN(Cc2ccc(OC(F)(F)F)cc2)CC1. The van der Waals surface area contributed by atoms with Gasteiger partial charge in [-0.15, -0.1) is 24.5 Å². The average Bonchev–Trinajstić information content (AvgIpc) is 3.40. The van der Waals surface area contributed by atoms with Crippen LogP contribution >= 0.6 is 11.3 Å². The van der Waals surface area contributed by atoms with Gasteiger partial charge in [-0.2, -0.15) is 5.10 Å². The van der Waals surface area contributed by atoms with Crippen molar-refractivity contribution in [3.05, 3.63) is 59.1 Å². The molecule has 4 rings (SSSR count). The topological polar surface area (TPSA) is 61.5 Å². The molecule has 1 fully saturated rings. The number of piperazine rings is 1. The normalized spacial score (nSPS) is 15.4. The molecule has 10 heteroatoms. The first-order valence-electron chi connectivity index (χ1n) is 9.33. The Labute approximate surface area is 174 Å². The van der Waals surface area contributed by atoms with E-state index in [1.54, 1.807) is 34.4 Å². The predicted octanol–water partition coefficient (Wildman–Crippen LogP) is 3.99. The zero-order chi connectivity index (χ0) is 21.1. The van der Waals surface area contributed by atoms with Gasteiger partial charge in [0.25, 0.3) is 5.91 Å². The van der Waals surface area contributed by atoms with Crippen molar-refractivity contribution in [2.75, 3.05) is 26.2 Å². The molecule has 0 bridgehead atoms. The second-order valence-electron chi connectivity index (χ2n) is 6.90. The number of carbonyl (C=O) groups excluding carboxylic acids is 1. The summed E-state index contributed by atoms with van der Waals surface area (Å²) in [6.07, 6.45) is -4.69. The molecule has 6 nitrogen and oxygen atoms in total. The lowest BCUT2D eigenvalue weighted by atomic mass is 10.2. The molecule has 1 aliphatic rings. The largest absolute Gasteiger partial charge is 0.573 e. The van der Waals surface area contributed by atoms with Crippen molar-refractivity contribution in [1.82, 2.24) is 20.0 Å². The van der Waals surface area contributed by atoms with Crippen LogP contribution in [0.1, 0.15) is 16.1 Å². The number of ether oxygens (including phenoxy) is 1. The molecule has 0 radical (unpaired) electrons. The van der Waals surface area contributed by atoms with E-state index >= 15 is 0 Å². The van der Waals surface area contributed by atoms with Crippen LogP contribution in [0.3, 0.4) is 0 Å². The Morgan fingerprint density at radius 3 is 2.50 bits per heavy atom. The monoisotopic (exact) mass is 436 g/mol. The number of aromatic amines is 1. The summed E-state index contributed by atoms with van der Waals surface area (Å²) in [7, 11) is 0. The van der Waals surface area contributed by atoms with E-state index in [0.717, 1.165) is 16.1 Å². The first kappa shape index (κ1) is 20.4. The molecule has 0 unspecified atom stereocenters. The van der Waals surface area contributed by atoms with Crippen molar-refractivity contribution in [1.29, 1.82) is 0 Å². The maximum atomic E-state index is 12.7. The van der Waals surface area contributed by atoms with Crippen LogP contribution < -0.4 is 4.74 Å². The van der Waals surface area contributed by atoms with E-state index in [1.807, 2.05) is 17.5 Å². The van der Waals surface area contributed by atoms with E-state index in [9.17, 15) is 18.0 Å². The quantitative estimate of drug-likeness (QED) is 0.657. The highest BCUT2D eigenvalue weighted by Gasteiger charge is 2.31. The van der Waals surface area contributed by atoms with Gasteiger partial charge < -0.3 is 9.64 Å². The summed E-state index contributed by atoms with van der Waals surface area (Å²) in [6.45, 7) is 3.08. The predicted molar refractivity (Wildman–Crippen MR) is 106 cm³/mol. The van der Waals surface area contributed by atoms with E-state index in [1.165, 1.54) is 12.1 Å². The molecule has 1 aliphatic heterocycles. The number of benzene rings is 1. The molecule has 3 heterocycles. The fourth-order valence-corrected chi connectivity index (χ4v) is 4.01. The minimum absolute atomic E-state index is 0.109. The van der Waals surface area contributed by atoms with Gasteiger partial charge in [0.15, 0.2) is 5.69 Å². The number of thiophene rings is 1. The molecular formula is C20H19F3N4O2S. The van der Waals surface area contributed by atoms with Gasteiger partial charge in [-0.25, -0.2) is 0 Å². The molecule has 1 aromatic carbocycles. The number of aromatic nitrogens is 2. The van der Waals surface area contributed by atoms with Crippen LogP contribution in [0.15, 0.2) is 47.8 Å². The Morgan fingerprint density at radius 1 is 1.13 bits per heavy atom. The third-order valence-corrected chi connectivity index (χ3v) is 5.71. The van der Waals surface area contributed by atoms with Crippen molar-refractivity contribution in [2.45, 2.75) is 12.9 Å². The van der Waals surface area contributed by atoms with Gasteiger partial charge in [0.2, 0.25) is 0 Å². The minimum atomic E-state index is -4.69. The number of amides is 1. The molecule has 2 aromatic heterocycles. The number of hydrogen-bond donors (Lipinski definition) is 1. The Balaban J connectivity index is 1.29. The maximum Gasteiger partial charge on any atom is 0.573 e. The summed E-state index contributed by atoms with van der Waals surface area (Å²) in [5, 5.41) is 9.03. The third kappa shape index (κ3) is 5.00. The fraction of sp³-hybridized carbons (Fsp3) is 0.300. The molecule has 0 atom stereocenters. The molecule has 0 aliphatic carbocycles. The fourth-order valence-electron chi connectivity index (χ4n) is 3.32. The first-order valence-corrected chi connectivity index (χ1v) is 10.2. The van der Waals surface area contributed by atoms with Gasteiger partial charge >= 0.3 is 6.36 Å². The van der Waals surface area contributed by atoms with Crippen LogP contribution in [-0.4, -0.2) is 58.4 Å². The Kier molecular flexibility index (Phi) is 5.78. The van der Waals surface area contributed by atoms with Crippen LogP contribution in [0.5, 0.6) is 5.75 Å². The van der Waals surface area contributed by atoms with Crippen LogP contribution in [0.25, 0.3) is 10.6 Å². The highest BCUT2D eigenvalue weighted by atomic mass is 32.1. The lowest BCUT2D eigenvalue weighted by molar-refractivity contribution is -0.274. The van der Waals surface area contributed by atoms with Gasteiger partial charge in [-0.05, 0) is 35.2 Å². The minimum Gasteiger partial charge on any atom is -0.406 e. The molecule has 30 heavy (non-hydrogen) atoms. The van der Waals surface area contributed by atoms with E-state index in [0.29, 0.717) is 38.4 Å². The number of alkyl halides is 3. The number of halogens is 3. The molecular weight excluding hydrogens is 417 g/mol. The summed E-state index contributed by atoms with van der Waals surface area (Å²) in [6, 6.07) is 11.5. The lowest BCUT2D eigenvalue weighted by Crippen LogP contribution is -2.48. The molecule has 1 amide bonds. The van der Waals surface area contributed by atoms with Crippen molar-refractivity contribution < 1.29 is 22.7 Å². The van der Waals surface area contributed by atoms with Gasteiger partial charge in [0.05, 0.1) is 10.6 Å². The van der Waals surface area contributed by atoms with Crippen LogP contribution in [-0.2, 0) is 6.54 Å². The van der Waals surface area contributed by atoms with E-state index in [-0.39, 0.29) is 11.7 Å². The standard InChI is InChI=1S/C20H19F3N4O2S/c21-20(22,23)29-15-5-3-14(4-6-15)13-26-7-9-27(10-8-26)19(28)17-12-16(24-25-17)18-2-1-11-30-18/h1-6,11-12H,7-10,13H2,(H,24,25). The number of hydrogen-bond acceptors (Lipinski definition) is 5. The molecule has 3 aromatic rings. The Hall–Kier alpha value is -2.85. The second-order valence-corrected chi connectivity index (χ2v) is 7.85. The molecule has 0 spiro atoms. The summed E-state index contributed by atoms with van der Waals surface area (Å²) < 4.78 is 40.6. The van der Waals surface area contributed by atoms with E-state index in [2.05, 4.69) is 19.8 Å². The summed E-state index contributed by atoms with van der Waals surface area (Å²) in [5.41, 5.74) is 2.11. The van der Waals surface area contributed by atoms with Crippen LogP contribution in [0.2, 0.25) is 0 Å². The van der Waals surface area contributed by atoms with Crippen LogP contribution in [0.4, 0.5) is 13.2 Å². The highest BCUT2D eigenvalue weighted by molar-refractivity contribution is 7.13. The van der Waals surface area contributed by atoms with Crippen molar-refractivity contribution in [2.24, 2.45) is 0 Å². The van der Waals surface area contributed by atoms with E-state index in [4.69, 9.17) is 0 Å². The number of nitrogens with one attached hydrogen (secondary N) is 1. The lowest BCUT2D eigenvalue weighted by Gasteiger charge is -2.34. The van der Waals surface area contributed by atoms with E-state index < -0.39 is 6.36 Å². The van der Waals surface area contributed by atoms with Crippen molar-refractivity contribution in [3.63, 3.8) is 0 Å². The summed E-state index contributed by atoms with van der Waals surface area (Å²) in [5.74, 6) is -0.343. The van der Waals surface area contributed by atoms with Gasteiger partial charge in [-0.1, -0.05) is 18.2 Å². The van der Waals surface area contributed by atoms with Crippen molar-refractivity contribution >= 4 is 17.2 Å². The van der Waals surface area contributed by atoms with Gasteiger partial charge in [-0.3, -0.25) is 14.8 Å². The highest BCUT2D eigenvalue weighted by Crippen LogP contribution is 2.24.